The SMILES string of the molecule is OCCn1ncc2c(N3CCC[C@@H]3c3cccs3)ncnc21. The van der Waals surface area contributed by atoms with Crippen LogP contribution in [0.15, 0.2) is 30.0 Å². The van der Waals surface area contributed by atoms with Crippen molar-refractivity contribution in [2.24, 2.45) is 0 Å². The number of anilines is 1. The van der Waals surface area contributed by atoms with Crippen LogP contribution in [0.4, 0.5) is 5.82 Å². The van der Waals surface area contributed by atoms with Crippen molar-refractivity contribution >= 4 is 28.2 Å². The first kappa shape index (κ1) is 13.7. The number of aliphatic hydroxyl groups is 1. The van der Waals surface area contributed by atoms with E-state index in [1.165, 1.54) is 11.3 Å². The molecule has 0 unspecified atom stereocenters. The van der Waals surface area contributed by atoms with Gasteiger partial charge in [-0.1, -0.05) is 6.07 Å². The molecule has 0 radical (unpaired) electrons. The maximum Gasteiger partial charge on any atom is 0.163 e. The molecular formula is C15H17N5OS. The van der Waals surface area contributed by atoms with Gasteiger partial charge in [0.05, 0.1) is 30.8 Å². The Hall–Kier alpha value is -1.99. The van der Waals surface area contributed by atoms with Crippen LogP contribution in [-0.4, -0.2) is 38.0 Å². The Kier molecular flexibility index (Phi) is 3.51. The number of thiophene rings is 1. The molecule has 0 bridgehead atoms. The quantitative estimate of drug-likeness (QED) is 0.799. The topological polar surface area (TPSA) is 67.1 Å². The molecule has 1 aliphatic rings. The Balaban J connectivity index is 1.77. The number of hydrogen-bond donors (Lipinski definition) is 1. The highest BCUT2D eigenvalue weighted by Crippen LogP contribution is 2.39. The van der Waals surface area contributed by atoms with Crippen LogP contribution in [0.1, 0.15) is 23.8 Å². The molecule has 4 heterocycles. The van der Waals surface area contributed by atoms with Gasteiger partial charge in [-0.25, -0.2) is 14.6 Å². The summed E-state index contributed by atoms with van der Waals surface area (Å²) in [7, 11) is 0. The number of aliphatic hydroxyl groups excluding tert-OH is 1. The Bertz CT molecular complexity index is 769. The van der Waals surface area contributed by atoms with Crippen LogP contribution in [0.2, 0.25) is 0 Å². The lowest BCUT2D eigenvalue weighted by Gasteiger charge is -2.25. The lowest BCUT2D eigenvalue weighted by molar-refractivity contribution is 0.271. The van der Waals surface area contributed by atoms with Gasteiger partial charge in [-0.15, -0.1) is 11.3 Å². The highest BCUT2D eigenvalue weighted by atomic mass is 32.1. The van der Waals surface area contributed by atoms with Crippen LogP contribution >= 0.6 is 11.3 Å². The van der Waals surface area contributed by atoms with Crippen molar-refractivity contribution in [2.45, 2.75) is 25.4 Å². The first-order chi connectivity index (χ1) is 10.9. The van der Waals surface area contributed by atoms with Crippen molar-refractivity contribution in [1.82, 2.24) is 19.7 Å². The molecule has 0 aliphatic carbocycles. The monoisotopic (exact) mass is 315 g/mol. The van der Waals surface area contributed by atoms with E-state index in [9.17, 15) is 0 Å². The van der Waals surface area contributed by atoms with Crippen LogP contribution in [0.25, 0.3) is 11.0 Å². The van der Waals surface area contributed by atoms with Gasteiger partial charge >= 0.3 is 0 Å². The molecule has 4 rings (SSSR count). The molecule has 3 aromatic heterocycles. The van der Waals surface area contributed by atoms with Crippen LogP contribution in [-0.2, 0) is 6.54 Å². The highest BCUT2D eigenvalue weighted by Gasteiger charge is 2.29. The van der Waals surface area contributed by atoms with Gasteiger partial charge in [0.15, 0.2) is 5.65 Å². The summed E-state index contributed by atoms with van der Waals surface area (Å²) in [5, 5.41) is 16.6. The van der Waals surface area contributed by atoms with Crippen molar-refractivity contribution < 1.29 is 5.11 Å². The Labute approximate surface area is 132 Å². The minimum absolute atomic E-state index is 0.0532. The molecule has 1 aliphatic heterocycles. The van der Waals surface area contributed by atoms with E-state index in [1.54, 1.807) is 22.3 Å². The van der Waals surface area contributed by atoms with E-state index in [1.807, 2.05) is 6.20 Å². The van der Waals surface area contributed by atoms with E-state index >= 15 is 0 Å². The third kappa shape index (κ3) is 2.17. The predicted molar refractivity (Wildman–Crippen MR) is 86.0 cm³/mol. The minimum Gasteiger partial charge on any atom is -0.394 e. The Morgan fingerprint density at radius 1 is 1.36 bits per heavy atom. The maximum atomic E-state index is 9.13. The highest BCUT2D eigenvalue weighted by molar-refractivity contribution is 7.10. The van der Waals surface area contributed by atoms with Crippen LogP contribution in [0, 0.1) is 0 Å². The third-order valence-corrected chi connectivity index (χ3v) is 5.09. The lowest BCUT2D eigenvalue weighted by atomic mass is 10.2. The summed E-state index contributed by atoms with van der Waals surface area (Å²) in [6.45, 7) is 1.51. The van der Waals surface area contributed by atoms with Crippen LogP contribution in [0.5, 0.6) is 0 Å². The zero-order chi connectivity index (χ0) is 14.9. The zero-order valence-electron chi connectivity index (χ0n) is 12.1. The average molecular weight is 315 g/mol. The molecule has 1 fully saturated rings. The molecule has 7 heteroatoms. The maximum absolute atomic E-state index is 9.13. The normalized spacial score (nSPS) is 18.4. The van der Waals surface area contributed by atoms with E-state index in [4.69, 9.17) is 5.11 Å². The number of nitrogens with zero attached hydrogens (tertiary/aromatic N) is 5. The number of hydrogen-bond acceptors (Lipinski definition) is 6. The first-order valence-corrected chi connectivity index (χ1v) is 8.34. The fourth-order valence-electron chi connectivity index (χ4n) is 3.16. The molecule has 1 N–H and O–H groups in total. The van der Waals surface area contributed by atoms with Gasteiger partial charge in [0.25, 0.3) is 0 Å². The summed E-state index contributed by atoms with van der Waals surface area (Å²) in [5.41, 5.74) is 0.788. The van der Waals surface area contributed by atoms with Gasteiger partial charge < -0.3 is 10.0 Å². The number of rotatable bonds is 4. The van der Waals surface area contributed by atoms with Gasteiger partial charge in [-0.05, 0) is 24.3 Å². The Morgan fingerprint density at radius 3 is 3.14 bits per heavy atom. The summed E-state index contributed by atoms with van der Waals surface area (Å²) in [5.74, 6) is 0.949. The second-order valence-corrected chi connectivity index (χ2v) is 6.37. The largest absolute Gasteiger partial charge is 0.394 e. The van der Waals surface area contributed by atoms with Gasteiger partial charge in [-0.2, -0.15) is 5.10 Å². The fraction of sp³-hybridized carbons (Fsp3) is 0.400. The molecule has 0 amide bonds. The van der Waals surface area contributed by atoms with E-state index < -0.39 is 0 Å². The van der Waals surface area contributed by atoms with Gasteiger partial charge in [0.2, 0.25) is 0 Å². The molecule has 3 aromatic rings. The van der Waals surface area contributed by atoms with Gasteiger partial charge in [0, 0.05) is 11.4 Å². The Morgan fingerprint density at radius 2 is 2.32 bits per heavy atom. The van der Waals surface area contributed by atoms with Crippen LogP contribution < -0.4 is 4.90 Å². The van der Waals surface area contributed by atoms with Gasteiger partial charge in [-0.3, -0.25) is 0 Å². The molecule has 114 valence electrons. The molecule has 1 saturated heterocycles. The summed E-state index contributed by atoms with van der Waals surface area (Å²) in [4.78, 5) is 12.6. The standard InChI is InChI=1S/C15H17N5OS/c21-7-6-20-15-11(9-18-20)14(16-10-17-15)19-5-1-3-12(19)13-4-2-8-22-13/h2,4,8-10,12,21H,1,3,5-7H2/t12-/m1/s1. The van der Waals surface area contributed by atoms with Gasteiger partial charge in [0.1, 0.15) is 12.1 Å². The van der Waals surface area contributed by atoms with E-state index in [0.29, 0.717) is 12.6 Å². The molecular weight excluding hydrogens is 298 g/mol. The van der Waals surface area contributed by atoms with E-state index in [-0.39, 0.29) is 6.61 Å². The minimum atomic E-state index is 0.0532. The smallest absolute Gasteiger partial charge is 0.163 e. The second kappa shape index (κ2) is 5.66. The molecule has 0 saturated carbocycles. The van der Waals surface area contributed by atoms with Crippen molar-refractivity contribution in [3.63, 3.8) is 0 Å². The second-order valence-electron chi connectivity index (χ2n) is 5.39. The molecule has 0 spiro atoms. The lowest BCUT2D eigenvalue weighted by Crippen LogP contribution is -2.23. The average Bonchev–Trinajstić information content (AvgIpc) is 3.27. The summed E-state index contributed by atoms with van der Waals surface area (Å²) < 4.78 is 1.73. The summed E-state index contributed by atoms with van der Waals surface area (Å²) >= 11 is 1.80. The molecule has 6 nitrogen and oxygen atoms in total. The molecule has 0 aromatic carbocycles. The van der Waals surface area contributed by atoms with Crippen molar-refractivity contribution in [1.29, 1.82) is 0 Å². The summed E-state index contributed by atoms with van der Waals surface area (Å²) in [6, 6.07) is 4.69. The van der Waals surface area contributed by atoms with Crippen molar-refractivity contribution in [3.8, 4) is 0 Å². The van der Waals surface area contributed by atoms with E-state index in [2.05, 4.69) is 37.5 Å². The molecule has 1 atom stereocenters. The van der Waals surface area contributed by atoms with E-state index in [0.717, 1.165) is 29.8 Å². The number of fused-ring (bicyclic) bond motifs is 1. The fourth-order valence-corrected chi connectivity index (χ4v) is 4.04. The summed E-state index contributed by atoms with van der Waals surface area (Å²) in [6.07, 6.45) is 5.72. The van der Waals surface area contributed by atoms with Crippen molar-refractivity contribution in [2.75, 3.05) is 18.1 Å². The third-order valence-electron chi connectivity index (χ3n) is 4.12. The predicted octanol–water partition coefficient (Wildman–Crippen LogP) is 2.22. The van der Waals surface area contributed by atoms with Crippen molar-refractivity contribution in [3.05, 3.63) is 34.9 Å². The van der Waals surface area contributed by atoms with Crippen LogP contribution in [0.3, 0.4) is 0 Å². The first-order valence-electron chi connectivity index (χ1n) is 7.46. The molecule has 22 heavy (non-hydrogen) atoms. The zero-order valence-corrected chi connectivity index (χ0v) is 12.9. The number of aromatic nitrogens is 4.